The summed E-state index contributed by atoms with van der Waals surface area (Å²) >= 11 is 6.03. The number of carboxylic acid groups (broad SMARTS) is 1. The predicted octanol–water partition coefficient (Wildman–Crippen LogP) is 4.66. The number of fused-ring (bicyclic) bond motifs is 3. The zero-order valence-corrected chi connectivity index (χ0v) is 17.4. The molecule has 158 valence electrons. The number of hydrogen-bond donors (Lipinski definition) is 2. The van der Waals surface area contributed by atoms with Crippen LogP contribution in [0.25, 0.3) is 11.1 Å². The van der Waals surface area contributed by atoms with Crippen LogP contribution >= 0.6 is 11.6 Å². The van der Waals surface area contributed by atoms with Crippen molar-refractivity contribution in [1.82, 2.24) is 10.3 Å². The van der Waals surface area contributed by atoms with Gasteiger partial charge in [0.05, 0.1) is 0 Å². The summed E-state index contributed by atoms with van der Waals surface area (Å²) < 4.78 is 5.44. The molecule has 7 heteroatoms. The summed E-state index contributed by atoms with van der Waals surface area (Å²) in [4.78, 5) is 28.0. The molecule has 0 aliphatic heterocycles. The van der Waals surface area contributed by atoms with Gasteiger partial charge >= 0.3 is 12.1 Å². The van der Waals surface area contributed by atoms with Gasteiger partial charge in [-0.2, -0.15) is 0 Å². The van der Waals surface area contributed by atoms with Crippen LogP contribution in [0.4, 0.5) is 4.79 Å². The van der Waals surface area contributed by atoms with Crippen molar-refractivity contribution >= 4 is 23.7 Å². The standard InChI is InChI=1S/C24H21ClN2O4/c25-22-15(6-5-13-26-22)11-12-21(23(28)29)27-24(30)31-14-20-18-9-3-1-7-16(18)17-8-2-4-10-19(17)20/h1-10,13,20-21H,11-12,14H2,(H,27,30)(H,28,29)/t21-/m1/s1. The summed E-state index contributed by atoms with van der Waals surface area (Å²) in [7, 11) is 0. The number of alkyl carbamates (subject to hydrolysis) is 1. The molecule has 3 aromatic rings. The first kappa shape index (κ1) is 20.9. The van der Waals surface area contributed by atoms with Crippen LogP contribution in [0.3, 0.4) is 0 Å². The number of carbonyl (C=O) groups is 2. The summed E-state index contributed by atoms with van der Waals surface area (Å²) in [6.45, 7) is 0.126. The number of aromatic nitrogens is 1. The monoisotopic (exact) mass is 436 g/mol. The van der Waals surface area contributed by atoms with Gasteiger partial charge in [-0.25, -0.2) is 14.6 Å². The van der Waals surface area contributed by atoms with E-state index in [9.17, 15) is 14.7 Å². The fourth-order valence-corrected chi connectivity index (χ4v) is 4.16. The Morgan fingerprint density at radius 3 is 2.29 bits per heavy atom. The highest BCUT2D eigenvalue weighted by Crippen LogP contribution is 2.44. The van der Waals surface area contributed by atoms with Crippen LogP contribution < -0.4 is 5.32 Å². The third kappa shape index (κ3) is 4.54. The zero-order valence-electron chi connectivity index (χ0n) is 16.6. The molecule has 1 amide bonds. The summed E-state index contributed by atoms with van der Waals surface area (Å²) in [6.07, 6.45) is 1.35. The number of aryl methyl sites for hydroxylation is 1. The maximum Gasteiger partial charge on any atom is 0.407 e. The average Bonchev–Trinajstić information content (AvgIpc) is 3.10. The number of carboxylic acids is 1. The molecule has 6 nitrogen and oxygen atoms in total. The second-order valence-electron chi connectivity index (χ2n) is 7.35. The third-order valence-corrected chi connectivity index (χ3v) is 5.81. The molecule has 0 saturated heterocycles. The van der Waals surface area contributed by atoms with E-state index in [4.69, 9.17) is 16.3 Å². The van der Waals surface area contributed by atoms with Gasteiger partial charge < -0.3 is 15.2 Å². The minimum Gasteiger partial charge on any atom is -0.480 e. The molecule has 4 rings (SSSR count). The minimum atomic E-state index is -1.13. The first-order valence-electron chi connectivity index (χ1n) is 9.98. The number of ether oxygens (including phenoxy) is 1. The number of pyridine rings is 1. The van der Waals surface area contributed by atoms with Gasteiger partial charge in [0.15, 0.2) is 0 Å². The molecular weight excluding hydrogens is 416 g/mol. The Labute approximate surface area is 184 Å². The summed E-state index contributed by atoms with van der Waals surface area (Å²) in [6, 6.07) is 18.5. The number of hydrogen-bond acceptors (Lipinski definition) is 4. The van der Waals surface area contributed by atoms with Crippen molar-refractivity contribution in [3.05, 3.63) is 88.7 Å². The van der Waals surface area contributed by atoms with Crippen molar-refractivity contribution in [3.8, 4) is 11.1 Å². The van der Waals surface area contributed by atoms with Crippen LogP contribution in [0.2, 0.25) is 5.15 Å². The molecular formula is C24H21ClN2O4. The number of amides is 1. The molecule has 1 heterocycles. The molecule has 0 spiro atoms. The van der Waals surface area contributed by atoms with E-state index in [0.717, 1.165) is 27.8 Å². The van der Waals surface area contributed by atoms with Gasteiger partial charge in [-0.3, -0.25) is 0 Å². The van der Waals surface area contributed by atoms with Crippen molar-refractivity contribution in [1.29, 1.82) is 0 Å². The van der Waals surface area contributed by atoms with Gasteiger partial charge in [0.1, 0.15) is 17.8 Å². The SMILES string of the molecule is O=C(N[C@H](CCc1cccnc1Cl)C(=O)O)OCC1c2ccccc2-c2ccccc21. The highest BCUT2D eigenvalue weighted by molar-refractivity contribution is 6.30. The molecule has 0 bridgehead atoms. The lowest BCUT2D eigenvalue weighted by Gasteiger charge is -2.17. The lowest BCUT2D eigenvalue weighted by molar-refractivity contribution is -0.139. The normalized spacial score (nSPS) is 13.2. The van der Waals surface area contributed by atoms with E-state index >= 15 is 0 Å². The summed E-state index contributed by atoms with van der Waals surface area (Å²) in [5, 5.41) is 12.3. The van der Waals surface area contributed by atoms with E-state index in [0.29, 0.717) is 11.6 Å². The van der Waals surface area contributed by atoms with E-state index in [-0.39, 0.29) is 18.9 Å². The topological polar surface area (TPSA) is 88.5 Å². The molecule has 0 saturated carbocycles. The Morgan fingerprint density at radius 1 is 1.03 bits per heavy atom. The van der Waals surface area contributed by atoms with Crippen molar-refractivity contribution < 1.29 is 19.4 Å². The predicted molar refractivity (Wildman–Crippen MR) is 117 cm³/mol. The second kappa shape index (κ2) is 9.18. The van der Waals surface area contributed by atoms with Crippen LogP contribution in [0, 0.1) is 0 Å². The zero-order chi connectivity index (χ0) is 21.8. The van der Waals surface area contributed by atoms with Crippen molar-refractivity contribution in [2.24, 2.45) is 0 Å². The Hall–Kier alpha value is -3.38. The van der Waals surface area contributed by atoms with Crippen LogP contribution in [0.1, 0.15) is 29.0 Å². The van der Waals surface area contributed by atoms with Crippen molar-refractivity contribution in [3.63, 3.8) is 0 Å². The average molecular weight is 437 g/mol. The fraction of sp³-hybridized carbons (Fsp3) is 0.208. The Bertz CT molecular complexity index is 1070. The largest absolute Gasteiger partial charge is 0.480 e. The Balaban J connectivity index is 1.39. The maximum atomic E-state index is 12.4. The van der Waals surface area contributed by atoms with Crippen LogP contribution in [-0.2, 0) is 16.0 Å². The molecule has 2 N–H and O–H groups in total. The maximum absolute atomic E-state index is 12.4. The van der Waals surface area contributed by atoms with Gasteiger partial charge in [0.25, 0.3) is 0 Å². The van der Waals surface area contributed by atoms with E-state index in [1.54, 1.807) is 18.3 Å². The third-order valence-electron chi connectivity index (χ3n) is 5.47. The smallest absolute Gasteiger partial charge is 0.407 e. The molecule has 1 aliphatic rings. The number of halogens is 1. The molecule has 2 aromatic carbocycles. The van der Waals surface area contributed by atoms with Crippen LogP contribution in [-0.4, -0.2) is 34.8 Å². The fourth-order valence-electron chi connectivity index (χ4n) is 3.95. The molecule has 0 fully saturated rings. The minimum absolute atomic E-state index is 0.0874. The first-order chi connectivity index (χ1) is 15.0. The van der Waals surface area contributed by atoms with E-state index in [1.165, 1.54) is 0 Å². The van der Waals surface area contributed by atoms with E-state index in [1.807, 2.05) is 36.4 Å². The highest BCUT2D eigenvalue weighted by atomic mass is 35.5. The Morgan fingerprint density at radius 2 is 1.68 bits per heavy atom. The molecule has 1 aromatic heterocycles. The number of benzene rings is 2. The van der Waals surface area contributed by atoms with Gasteiger partial charge in [-0.15, -0.1) is 0 Å². The number of carbonyl (C=O) groups excluding carboxylic acids is 1. The van der Waals surface area contributed by atoms with Crippen molar-refractivity contribution in [2.75, 3.05) is 6.61 Å². The van der Waals surface area contributed by atoms with Gasteiger partial charge in [0, 0.05) is 12.1 Å². The quantitative estimate of drug-likeness (QED) is 0.526. The van der Waals surface area contributed by atoms with Crippen molar-refractivity contribution in [2.45, 2.75) is 24.8 Å². The number of rotatable bonds is 7. The molecule has 1 atom stereocenters. The van der Waals surface area contributed by atoms with Gasteiger partial charge in [0.2, 0.25) is 0 Å². The van der Waals surface area contributed by atoms with Crippen LogP contribution in [0.15, 0.2) is 66.9 Å². The molecule has 1 aliphatic carbocycles. The molecule has 0 unspecified atom stereocenters. The molecule has 31 heavy (non-hydrogen) atoms. The number of nitrogens with one attached hydrogen (secondary N) is 1. The van der Waals surface area contributed by atoms with E-state index in [2.05, 4.69) is 22.4 Å². The van der Waals surface area contributed by atoms with Crippen LogP contribution in [0.5, 0.6) is 0 Å². The van der Waals surface area contributed by atoms with Gasteiger partial charge in [-0.1, -0.05) is 66.2 Å². The number of nitrogens with zero attached hydrogens (tertiary/aromatic N) is 1. The van der Waals surface area contributed by atoms with Gasteiger partial charge in [-0.05, 0) is 46.7 Å². The lowest BCUT2D eigenvalue weighted by Crippen LogP contribution is -2.41. The highest BCUT2D eigenvalue weighted by Gasteiger charge is 2.29. The Kier molecular flexibility index (Phi) is 6.18. The molecule has 0 radical (unpaired) electrons. The summed E-state index contributed by atoms with van der Waals surface area (Å²) in [5.74, 6) is -1.22. The van der Waals surface area contributed by atoms with E-state index < -0.39 is 18.1 Å². The lowest BCUT2D eigenvalue weighted by atomic mass is 9.98. The summed E-state index contributed by atoms with van der Waals surface area (Å²) in [5.41, 5.74) is 5.17. The first-order valence-corrected chi connectivity index (χ1v) is 10.4. The second-order valence-corrected chi connectivity index (χ2v) is 7.71. The number of aliphatic carboxylic acids is 1.